The van der Waals surface area contributed by atoms with Gasteiger partial charge < -0.3 is 0 Å². The van der Waals surface area contributed by atoms with Crippen molar-refractivity contribution in [1.29, 1.82) is 5.26 Å². The lowest BCUT2D eigenvalue weighted by molar-refractivity contribution is 1.28. The number of hydrogen-bond acceptors (Lipinski definition) is 2. The van der Waals surface area contributed by atoms with Gasteiger partial charge in [0.05, 0.1) is 6.20 Å². The van der Waals surface area contributed by atoms with Gasteiger partial charge in [-0.2, -0.15) is 5.26 Å². The Morgan fingerprint density at radius 1 is 1.33 bits per heavy atom. The topological polar surface area (TPSA) is 36.7 Å². The van der Waals surface area contributed by atoms with Crippen LogP contribution in [0.15, 0.2) is 30.3 Å². The lowest BCUT2D eigenvalue weighted by Crippen LogP contribution is -1.81. The standard InChI is InChI=1S/C10H5N2/c11-6-10-5-8-3-1-2-4-9(8)7-12-10/h1-5H. The van der Waals surface area contributed by atoms with Crippen molar-refractivity contribution in [3.63, 3.8) is 0 Å². The largest absolute Gasteiger partial charge is 0.235 e. The van der Waals surface area contributed by atoms with Crippen molar-refractivity contribution in [2.24, 2.45) is 0 Å². The molecule has 0 spiro atoms. The van der Waals surface area contributed by atoms with Crippen LogP contribution >= 0.6 is 0 Å². The summed E-state index contributed by atoms with van der Waals surface area (Å²) >= 11 is 0. The number of pyridine rings is 1. The maximum Gasteiger partial charge on any atom is 0.141 e. The predicted octanol–water partition coefficient (Wildman–Crippen LogP) is 1.91. The number of fused-ring (bicyclic) bond motifs is 1. The van der Waals surface area contributed by atoms with Gasteiger partial charge in [0.1, 0.15) is 11.8 Å². The number of nitriles is 1. The summed E-state index contributed by atoms with van der Waals surface area (Å²) in [5.41, 5.74) is 0.411. The molecule has 55 valence electrons. The van der Waals surface area contributed by atoms with Gasteiger partial charge in [-0.15, -0.1) is 0 Å². The number of nitrogens with zero attached hydrogens (tertiary/aromatic N) is 2. The molecule has 0 aliphatic rings. The molecule has 0 bridgehead atoms. The summed E-state index contributed by atoms with van der Waals surface area (Å²) in [4.78, 5) is 3.84. The smallest absolute Gasteiger partial charge is 0.141 e. The highest BCUT2D eigenvalue weighted by molar-refractivity contribution is 5.81. The van der Waals surface area contributed by atoms with Crippen molar-refractivity contribution in [2.45, 2.75) is 0 Å². The van der Waals surface area contributed by atoms with E-state index in [0.29, 0.717) is 5.69 Å². The maximum absolute atomic E-state index is 8.56. The zero-order valence-corrected chi connectivity index (χ0v) is 6.28. The van der Waals surface area contributed by atoms with Crippen LogP contribution in [0.4, 0.5) is 0 Å². The minimum atomic E-state index is 0.411. The molecule has 0 aliphatic carbocycles. The van der Waals surface area contributed by atoms with Crippen LogP contribution in [0.3, 0.4) is 0 Å². The van der Waals surface area contributed by atoms with Crippen LogP contribution in [-0.4, -0.2) is 4.98 Å². The molecule has 1 heterocycles. The second-order valence-corrected chi connectivity index (χ2v) is 2.45. The van der Waals surface area contributed by atoms with E-state index in [0.717, 1.165) is 10.8 Å². The third kappa shape index (κ3) is 1.02. The monoisotopic (exact) mass is 153 g/mol. The normalized spacial score (nSPS) is 9.58. The van der Waals surface area contributed by atoms with Crippen LogP contribution in [-0.2, 0) is 0 Å². The molecule has 0 saturated carbocycles. The van der Waals surface area contributed by atoms with E-state index in [1.54, 1.807) is 6.07 Å². The average Bonchev–Trinajstić information content (AvgIpc) is 2.17. The van der Waals surface area contributed by atoms with Crippen LogP contribution in [0, 0.1) is 17.5 Å². The second-order valence-electron chi connectivity index (χ2n) is 2.45. The minimum Gasteiger partial charge on any atom is -0.235 e. The molecule has 2 rings (SSSR count). The highest BCUT2D eigenvalue weighted by Gasteiger charge is 1.94. The lowest BCUT2D eigenvalue weighted by atomic mass is 10.1. The first-order valence-electron chi connectivity index (χ1n) is 3.58. The lowest BCUT2D eigenvalue weighted by Gasteiger charge is -1.93. The summed E-state index contributed by atoms with van der Waals surface area (Å²) in [6.45, 7) is 0. The second kappa shape index (κ2) is 2.63. The Bertz CT molecular complexity index is 455. The summed E-state index contributed by atoms with van der Waals surface area (Å²) in [5.74, 6) is 0. The van der Waals surface area contributed by atoms with Gasteiger partial charge in [-0.1, -0.05) is 24.3 Å². The van der Waals surface area contributed by atoms with Crippen molar-refractivity contribution in [2.75, 3.05) is 0 Å². The van der Waals surface area contributed by atoms with Gasteiger partial charge in [0.25, 0.3) is 0 Å². The Labute approximate surface area is 70.1 Å². The van der Waals surface area contributed by atoms with E-state index in [1.807, 2.05) is 30.3 Å². The molecular weight excluding hydrogens is 148 g/mol. The van der Waals surface area contributed by atoms with E-state index in [1.165, 1.54) is 0 Å². The Morgan fingerprint density at radius 2 is 2.17 bits per heavy atom. The molecule has 0 N–H and O–H groups in total. The Kier molecular flexibility index (Phi) is 1.49. The first kappa shape index (κ1) is 6.81. The molecule has 0 aliphatic heterocycles. The van der Waals surface area contributed by atoms with Crippen LogP contribution in [0.5, 0.6) is 0 Å². The van der Waals surface area contributed by atoms with Crippen LogP contribution < -0.4 is 0 Å². The third-order valence-corrected chi connectivity index (χ3v) is 1.66. The quantitative estimate of drug-likeness (QED) is 0.579. The predicted molar refractivity (Wildman–Crippen MR) is 45.3 cm³/mol. The van der Waals surface area contributed by atoms with Crippen LogP contribution in [0.2, 0.25) is 0 Å². The van der Waals surface area contributed by atoms with Crippen LogP contribution in [0.1, 0.15) is 5.69 Å². The molecule has 1 aromatic heterocycles. The molecule has 12 heavy (non-hydrogen) atoms. The molecule has 2 nitrogen and oxygen atoms in total. The summed E-state index contributed by atoms with van der Waals surface area (Å²) in [6.07, 6.45) is 2.80. The summed E-state index contributed by atoms with van der Waals surface area (Å²) < 4.78 is 0. The fourth-order valence-corrected chi connectivity index (χ4v) is 1.08. The molecule has 1 aromatic carbocycles. The summed E-state index contributed by atoms with van der Waals surface area (Å²) in [7, 11) is 0. The zero-order valence-electron chi connectivity index (χ0n) is 6.28. The van der Waals surface area contributed by atoms with Gasteiger partial charge in [-0.05, 0) is 11.5 Å². The van der Waals surface area contributed by atoms with E-state index in [-0.39, 0.29) is 0 Å². The Morgan fingerprint density at radius 3 is 3.00 bits per heavy atom. The van der Waals surface area contributed by atoms with E-state index in [9.17, 15) is 0 Å². The molecule has 0 saturated heterocycles. The molecule has 0 atom stereocenters. The number of benzene rings is 1. The Hall–Kier alpha value is -1.88. The molecule has 2 heteroatoms. The van der Waals surface area contributed by atoms with Gasteiger partial charge in [0.15, 0.2) is 0 Å². The van der Waals surface area contributed by atoms with Crippen molar-refractivity contribution >= 4 is 10.8 Å². The number of aromatic nitrogens is 1. The first-order chi connectivity index (χ1) is 5.90. The molecule has 1 radical (unpaired) electrons. The summed E-state index contributed by atoms with van der Waals surface area (Å²) in [6, 6.07) is 11.4. The Balaban J connectivity index is 2.78. The number of hydrogen-bond donors (Lipinski definition) is 0. The molecule has 0 amide bonds. The van der Waals surface area contributed by atoms with Crippen molar-refractivity contribution in [1.82, 2.24) is 4.98 Å². The number of rotatable bonds is 0. The molecule has 0 fully saturated rings. The van der Waals surface area contributed by atoms with Crippen molar-refractivity contribution < 1.29 is 0 Å². The maximum atomic E-state index is 8.56. The highest BCUT2D eigenvalue weighted by atomic mass is 14.7. The minimum absolute atomic E-state index is 0.411. The SMILES string of the molecule is N#Cc1cc2ccccc2[c]n1. The fourth-order valence-electron chi connectivity index (χ4n) is 1.08. The molecule has 0 unspecified atom stereocenters. The van der Waals surface area contributed by atoms with Gasteiger partial charge in [0, 0.05) is 5.39 Å². The van der Waals surface area contributed by atoms with E-state index in [4.69, 9.17) is 5.26 Å². The van der Waals surface area contributed by atoms with Crippen molar-refractivity contribution in [3.8, 4) is 6.07 Å². The van der Waals surface area contributed by atoms with E-state index >= 15 is 0 Å². The van der Waals surface area contributed by atoms with Gasteiger partial charge in [-0.25, -0.2) is 4.98 Å². The third-order valence-electron chi connectivity index (χ3n) is 1.66. The van der Waals surface area contributed by atoms with Crippen LogP contribution in [0.25, 0.3) is 10.8 Å². The fraction of sp³-hybridized carbons (Fsp3) is 0. The zero-order chi connectivity index (χ0) is 8.39. The van der Waals surface area contributed by atoms with Gasteiger partial charge in [0.2, 0.25) is 0 Å². The molecule has 2 aromatic rings. The van der Waals surface area contributed by atoms with Gasteiger partial charge >= 0.3 is 0 Å². The van der Waals surface area contributed by atoms with Gasteiger partial charge in [-0.3, -0.25) is 0 Å². The van der Waals surface area contributed by atoms with E-state index < -0.39 is 0 Å². The summed E-state index contributed by atoms with van der Waals surface area (Å²) in [5, 5.41) is 10.5. The molecular formula is C10H5N2. The first-order valence-corrected chi connectivity index (χ1v) is 3.58. The highest BCUT2D eigenvalue weighted by Crippen LogP contribution is 2.11. The van der Waals surface area contributed by atoms with Crippen molar-refractivity contribution in [3.05, 3.63) is 42.2 Å². The average molecular weight is 153 g/mol. The van der Waals surface area contributed by atoms with E-state index in [2.05, 4.69) is 11.2 Å².